The molecule has 0 aliphatic carbocycles. The maximum Gasteiger partial charge on any atom is 0.234 e. The number of para-hydroxylation sites is 1. The third kappa shape index (κ3) is 5.67. The quantitative estimate of drug-likeness (QED) is 0.688. The van der Waals surface area contributed by atoms with Gasteiger partial charge in [0.1, 0.15) is 0 Å². The lowest BCUT2D eigenvalue weighted by atomic mass is 10.2. The summed E-state index contributed by atoms with van der Waals surface area (Å²) < 4.78 is 1.86. The molecule has 1 aromatic heterocycles. The van der Waals surface area contributed by atoms with Gasteiger partial charge in [-0.2, -0.15) is 5.10 Å². The van der Waals surface area contributed by atoms with E-state index >= 15 is 0 Å². The number of benzene rings is 1. The molecule has 1 saturated heterocycles. The molecule has 1 aliphatic rings. The second-order valence-corrected chi connectivity index (χ2v) is 7.66. The zero-order valence-electron chi connectivity index (χ0n) is 18.1. The van der Waals surface area contributed by atoms with Gasteiger partial charge in [-0.15, -0.1) is 0 Å². The van der Waals surface area contributed by atoms with Crippen molar-refractivity contribution in [2.75, 3.05) is 51.1 Å². The van der Waals surface area contributed by atoms with Gasteiger partial charge in [0.25, 0.3) is 0 Å². The highest BCUT2D eigenvalue weighted by Gasteiger charge is 2.20. The van der Waals surface area contributed by atoms with Crippen molar-refractivity contribution in [2.24, 2.45) is 0 Å². The number of hydrogen-bond donors (Lipinski definition) is 2. The number of carbonyl (C=O) groups excluding carboxylic acids is 2. The van der Waals surface area contributed by atoms with Crippen molar-refractivity contribution in [3.63, 3.8) is 0 Å². The summed E-state index contributed by atoms with van der Waals surface area (Å²) in [6, 6.07) is 9.91. The van der Waals surface area contributed by atoms with Crippen molar-refractivity contribution in [3.8, 4) is 5.69 Å². The largest absolute Gasteiger partial charge is 0.355 e. The predicted molar refractivity (Wildman–Crippen MR) is 118 cm³/mol. The van der Waals surface area contributed by atoms with Crippen LogP contribution < -0.4 is 10.6 Å². The lowest BCUT2D eigenvalue weighted by molar-refractivity contribution is -0.122. The third-order valence-corrected chi connectivity index (χ3v) is 5.42. The Hall–Kier alpha value is -2.71. The number of carbonyl (C=O) groups is 2. The van der Waals surface area contributed by atoms with Crippen LogP contribution in [0.1, 0.15) is 24.7 Å². The second kappa shape index (κ2) is 10.4. The Morgan fingerprint density at radius 1 is 1.00 bits per heavy atom. The van der Waals surface area contributed by atoms with E-state index in [4.69, 9.17) is 0 Å². The van der Waals surface area contributed by atoms with Gasteiger partial charge in [0.05, 0.1) is 29.3 Å². The van der Waals surface area contributed by atoms with E-state index in [1.807, 2.05) is 55.8 Å². The van der Waals surface area contributed by atoms with Crippen LogP contribution in [-0.2, 0) is 9.59 Å². The van der Waals surface area contributed by atoms with E-state index in [9.17, 15) is 9.59 Å². The Labute approximate surface area is 178 Å². The van der Waals surface area contributed by atoms with Gasteiger partial charge in [-0.05, 0) is 32.9 Å². The number of nitrogens with zero attached hydrogens (tertiary/aromatic N) is 4. The molecule has 0 radical (unpaired) electrons. The molecule has 0 bridgehead atoms. The molecule has 8 nitrogen and oxygen atoms in total. The van der Waals surface area contributed by atoms with Crippen LogP contribution >= 0.6 is 0 Å². The molecule has 2 heterocycles. The van der Waals surface area contributed by atoms with E-state index < -0.39 is 0 Å². The van der Waals surface area contributed by atoms with Crippen molar-refractivity contribution >= 4 is 17.5 Å². The van der Waals surface area contributed by atoms with Gasteiger partial charge < -0.3 is 15.5 Å². The number of nitrogens with one attached hydrogen (secondary N) is 2. The van der Waals surface area contributed by atoms with Gasteiger partial charge in [-0.3, -0.25) is 14.5 Å². The number of amides is 2. The Morgan fingerprint density at radius 3 is 2.33 bits per heavy atom. The fourth-order valence-corrected chi connectivity index (χ4v) is 3.73. The van der Waals surface area contributed by atoms with Crippen molar-refractivity contribution in [3.05, 3.63) is 41.7 Å². The van der Waals surface area contributed by atoms with E-state index in [2.05, 4.69) is 25.5 Å². The summed E-state index contributed by atoms with van der Waals surface area (Å²) in [6.07, 6.45) is 0.436. The predicted octanol–water partition coefficient (Wildman–Crippen LogP) is 1.57. The second-order valence-electron chi connectivity index (χ2n) is 7.66. The summed E-state index contributed by atoms with van der Waals surface area (Å²) in [5.41, 5.74) is 3.49. The van der Waals surface area contributed by atoms with Gasteiger partial charge in [-0.25, -0.2) is 4.68 Å². The highest BCUT2D eigenvalue weighted by atomic mass is 16.2. The highest BCUT2D eigenvalue weighted by Crippen LogP contribution is 2.22. The molecule has 2 aromatic rings. The van der Waals surface area contributed by atoms with Crippen LogP contribution in [0.2, 0.25) is 0 Å². The molecule has 1 aliphatic heterocycles. The maximum absolute atomic E-state index is 12.5. The van der Waals surface area contributed by atoms with Crippen LogP contribution in [0.15, 0.2) is 30.3 Å². The Balaban J connectivity index is 1.47. The first-order chi connectivity index (χ1) is 14.5. The molecule has 1 aromatic carbocycles. The maximum atomic E-state index is 12.5. The van der Waals surface area contributed by atoms with Crippen molar-refractivity contribution in [1.82, 2.24) is 24.9 Å². The Kier molecular flexibility index (Phi) is 7.59. The lowest BCUT2D eigenvalue weighted by Gasteiger charge is -2.34. The van der Waals surface area contributed by atoms with Crippen LogP contribution in [0.4, 0.5) is 5.69 Å². The minimum atomic E-state index is -0.00133. The van der Waals surface area contributed by atoms with Crippen molar-refractivity contribution < 1.29 is 9.59 Å². The first kappa shape index (κ1) is 22.0. The fraction of sp³-hybridized carbons (Fsp3) is 0.500. The first-order valence-electron chi connectivity index (χ1n) is 10.6. The topological polar surface area (TPSA) is 82.5 Å². The van der Waals surface area contributed by atoms with Crippen molar-refractivity contribution in [2.45, 2.75) is 27.2 Å². The van der Waals surface area contributed by atoms with Crippen molar-refractivity contribution in [1.29, 1.82) is 0 Å². The van der Waals surface area contributed by atoms with E-state index in [1.165, 1.54) is 0 Å². The van der Waals surface area contributed by atoms with Crippen LogP contribution in [0.3, 0.4) is 0 Å². The number of aryl methyl sites for hydroxylation is 1. The van der Waals surface area contributed by atoms with Crippen LogP contribution in [0.25, 0.3) is 5.69 Å². The van der Waals surface area contributed by atoms with Gasteiger partial charge in [0, 0.05) is 45.7 Å². The van der Waals surface area contributed by atoms with Crippen LogP contribution in [0, 0.1) is 13.8 Å². The summed E-state index contributed by atoms with van der Waals surface area (Å²) in [7, 11) is 0. The summed E-state index contributed by atoms with van der Waals surface area (Å²) in [4.78, 5) is 28.7. The smallest absolute Gasteiger partial charge is 0.234 e. The number of likely N-dealkylation sites (N-methyl/N-ethyl adjacent to an activating group) is 1. The molecule has 30 heavy (non-hydrogen) atoms. The average molecular weight is 413 g/mol. The van der Waals surface area contributed by atoms with Crippen LogP contribution in [-0.4, -0.2) is 77.2 Å². The molecule has 0 spiro atoms. The molecular weight excluding hydrogens is 380 g/mol. The Bertz CT molecular complexity index is 856. The lowest BCUT2D eigenvalue weighted by Crippen LogP contribution is -2.49. The third-order valence-electron chi connectivity index (χ3n) is 5.42. The minimum absolute atomic E-state index is 0.00133. The fourth-order valence-electron chi connectivity index (χ4n) is 3.73. The number of anilines is 1. The molecule has 1 fully saturated rings. The zero-order valence-corrected chi connectivity index (χ0v) is 18.1. The summed E-state index contributed by atoms with van der Waals surface area (Å²) >= 11 is 0. The standard InChI is InChI=1S/C22H32N6O2/c1-4-23-21(30)16-27-14-12-26(13-15-27)11-10-20(29)24-22-17(2)25-28(18(22)3)19-8-6-5-7-9-19/h5-9H,4,10-16H2,1-3H3,(H,23,30)(H,24,29). The highest BCUT2D eigenvalue weighted by molar-refractivity contribution is 5.92. The Morgan fingerprint density at radius 2 is 1.67 bits per heavy atom. The molecule has 3 rings (SSSR count). The summed E-state index contributed by atoms with van der Waals surface area (Å²) in [6.45, 7) is 11.1. The van der Waals surface area contributed by atoms with E-state index in [0.29, 0.717) is 26.1 Å². The van der Waals surface area contributed by atoms with E-state index in [-0.39, 0.29) is 11.8 Å². The molecular formula is C22H32N6O2. The summed E-state index contributed by atoms with van der Waals surface area (Å²) in [5.74, 6) is 0.0747. The molecule has 2 N–H and O–H groups in total. The van der Waals surface area contributed by atoms with Gasteiger partial charge in [0.2, 0.25) is 11.8 Å². The normalized spacial score (nSPS) is 15.2. The van der Waals surface area contributed by atoms with E-state index in [1.54, 1.807) is 0 Å². The number of hydrogen-bond acceptors (Lipinski definition) is 5. The number of piperazine rings is 1. The first-order valence-corrected chi connectivity index (χ1v) is 10.6. The average Bonchev–Trinajstić information content (AvgIpc) is 3.02. The number of rotatable bonds is 8. The molecule has 8 heteroatoms. The van der Waals surface area contributed by atoms with Crippen LogP contribution in [0.5, 0.6) is 0 Å². The van der Waals surface area contributed by atoms with Gasteiger partial charge in [0.15, 0.2) is 0 Å². The molecule has 0 unspecified atom stereocenters. The summed E-state index contributed by atoms with van der Waals surface area (Å²) in [5, 5.41) is 10.5. The number of aromatic nitrogens is 2. The molecule has 0 atom stereocenters. The zero-order chi connectivity index (χ0) is 21.5. The van der Waals surface area contributed by atoms with Gasteiger partial charge in [-0.1, -0.05) is 18.2 Å². The molecule has 0 saturated carbocycles. The molecule has 162 valence electrons. The molecule has 2 amide bonds. The monoisotopic (exact) mass is 412 g/mol. The SMILES string of the molecule is CCNC(=O)CN1CCN(CCC(=O)Nc2c(C)nn(-c3ccccc3)c2C)CC1. The minimum Gasteiger partial charge on any atom is -0.355 e. The van der Waals surface area contributed by atoms with E-state index in [0.717, 1.165) is 48.9 Å². The van der Waals surface area contributed by atoms with Gasteiger partial charge >= 0.3 is 0 Å².